The second-order valence-electron chi connectivity index (χ2n) is 5.88. The Balaban J connectivity index is 1.74. The Morgan fingerprint density at radius 2 is 2.04 bits per heavy atom. The molecule has 0 aliphatic heterocycles. The molecule has 3 N–H and O–H groups in total. The summed E-state index contributed by atoms with van der Waals surface area (Å²) in [6.07, 6.45) is 3.01. The molecule has 0 unspecified atom stereocenters. The number of hydrogen-bond donors (Lipinski definition) is 3. The van der Waals surface area contributed by atoms with Crippen LogP contribution in [0.15, 0.2) is 12.7 Å². The molecule has 2 aromatic heterocycles. The summed E-state index contributed by atoms with van der Waals surface area (Å²) < 4.78 is 5.15. The SMILES string of the molecule is CC(C)(C)OC(=O)CNCCC(=O)Nc1ncnc2nc[nH]c12. The first-order chi connectivity index (χ1) is 10.8. The minimum atomic E-state index is -0.515. The number of aromatic nitrogens is 4. The predicted octanol–water partition coefficient (Wildman–Crippen LogP) is 0.613. The van der Waals surface area contributed by atoms with Gasteiger partial charge in [-0.2, -0.15) is 0 Å². The molecular weight excluding hydrogens is 300 g/mol. The number of anilines is 1. The zero-order chi connectivity index (χ0) is 16.9. The quantitative estimate of drug-likeness (QED) is 0.526. The minimum absolute atomic E-state index is 0.0584. The van der Waals surface area contributed by atoms with Gasteiger partial charge in [-0.1, -0.05) is 0 Å². The van der Waals surface area contributed by atoms with Gasteiger partial charge in [0.05, 0.1) is 12.9 Å². The molecule has 0 fully saturated rings. The van der Waals surface area contributed by atoms with Gasteiger partial charge in [0.2, 0.25) is 5.91 Å². The topological polar surface area (TPSA) is 122 Å². The molecule has 0 atom stereocenters. The average molecular weight is 320 g/mol. The van der Waals surface area contributed by atoms with Crippen LogP contribution in [0.2, 0.25) is 0 Å². The van der Waals surface area contributed by atoms with Crippen LogP contribution in [0.25, 0.3) is 11.2 Å². The van der Waals surface area contributed by atoms with E-state index in [1.165, 1.54) is 12.7 Å². The van der Waals surface area contributed by atoms with Crippen molar-refractivity contribution < 1.29 is 14.3 Å². The van der Waals surface area contributed by atoms with Crippen molar-refractivity contribution in [2.75, 3.05) is 18.4 Å². The lowest BCUT2D eigenvalue weighted by atomic mass is 10.2. The highest BCUT2D eigenvalue weighted by Crippen LogP contribution is 2.14. The smallest absolute Gasteiger partial charge is 0.320 e. The first-order valence-corrected chi connectivity index (χ1v) is 7.21. The number of amides is 1. The molecular formula is C14H20N6O3. The molecule has 0 bridgehead atoms. The number of nitrogens with one attached hydrogen (secondary N) is 3. The van der Waals surface area contributed by atoms with Gasteiger partial charge in [0.25, 0.3) is 0 Å². The molecule has 23 heavy (non-hydrogen) atoms. The van der Waals surface area contributed by atoms with E-state index in [1.54, 1.807) is 20.8 Å². The Morgan fingerprint density at radius 1 is 1.26 bits per heavy atom. The third-order valence-electron chi connectivity index (χ3n) is 2.70. The number of aromatic amines is 1. The van der Waals surface area contributed by atoms with Crippen LogP contribution in [0.4, 0.5) is 5.82 Å². The van der Waals surface area contributed by atoms with Crippen LogP contribution in [0.3, 0.4) is 0 Å². The van der Waals surface area contributed by atoms with Crippen LogP contribution in [-0.2, 0) is 14.3 Å². The first-order valence-electron chi connectivity index (χ1n) is 7.21. The molecule has 2 aromatic rings. The number of esters is 1. The van der Waals surface area contributed by atoms with E-state index in [9.17, 15) is 9.59 Å². The summed E-state index contributed by atoms with van der Waals surface area (Å²) in [4.78, 5) is 38.2. The fourth-order valence-corrected chi connectivity index (χ4v) is 1.82. The normalized spacial score (nSPS) is 11.4. The van der Waals surface area contributed by atoms with Gasteiger partial charge in [-0.15, -0.1) is 0 Å². The standard InChI is InChI=1S/C14H20N6O3/c1-14(2,3)23-10(22)6-15-5-4-9(21)20-13-11-12(17-7-16-11)18-8-19-13/h7-8,15H,4-6H2,1-3H3,(H2,16,17,18,19,20,21). The van der Waals surface area contributed by atoms with Crippen molar-refractivity contribution >= 4 is 28.9 Å². The third-order valence-corrected chi connectivity index (χ3v) is 2.70. The number of fused-ring (bicyclic) bond motifs is 1. The largest absolute Gasteiger partial charge is 0.459 e. The van der Waals surface area contributed by atoms with Crippen molar-refractivity contribution in [1.82, 2.24) is 25.3 Å². The molecule has 0 radical (unpaired) electrons. The molecule has 9 heteroatoms. The van der Waals surface area contributed by atoms with Crippen LogP contribution in [-0.4, -0.2) is 50.5 Å². The zero-order valence-electron chi connectivity index (χ0n) is 13.3. The maximum atomic E-state index is 11.9. The van der Waals surface area contributed by atoms with Gasteiger partial charge >= 0.3 is 5.97 Å². The number of hydrogen-bond acceptors (Lipinski definition) is 7. The number of ether oxygens (including phenoxy) is 1. The Bertz CT molecular complexity index is 691. The summed E-state index contributed by atoms with van der Waals surface area (Å²) in [6.45, 7) is 5.81. The van der Waals surface area contributed by atoms with Gasteiger partial charge in [0, 0.05) is 13.0 Å². The molecule has 0 aromatic carbocycles. The lowest BCUT2D eigenvalue weighted by Crippen LogP contribution is -2.32. The lowest BCUT2D eigenvalue weighted by Gasteiger charge is -2.19. The molecule has 2 rings (SSSR count). The maximum absolute atomic E-state index is 11.9. The van der Waals surface area contributed by atoms with E-state index in [1.807, 2.05) is 0 Å². The van der Waals surface area contributed by atoms with Crippen LogP contribution in [0.5, 0.6) is 0 Å². The number of nitrogens with zero attached hydrogens (tertiary/aromatic N) is 3. The van der Waals surface area contributed by atoms with Crippen molar-refractivity contribution in [2.24, 2.45) is 0 Å². The molecule has 124 valence electrons. The van der Waals surface area contributed by atoms with Gasteiger partial charge in [0.15, 0.2) is 11.5 Å². The predicted molar refractivity (Wildman–Crippen MR) is 83.6 cm³/mol. The molecule has 0 aliphatic rings. The van der Waals surface area contributed by atoms with E-state index in [4.69, 9.17) is 4.74 Å². The van der Waals surface area contributed by atoms with E-state index >= 15 is 0 Å². The molecule has 0 saturated carbocycles. The van der Waals surface area contributed by atoms with Gasteiger partial charge in [-0.25, -0.2) is 15.0 Å². The first kappa shape index (κ1) is 16.8. The summed E-state index contributed by atoms with van der Waals surface area (Å²) in [5.74, 6) is -0.200. The Morgan fingerprint density at radius 3 is 2.78 bits per heavy atom. The maximum Gasteiger partial charge on any atom is 0.320 e. The fourth-order valence-electron chi connectivity index (χ4n) is 1.82. The van der Waals surface area contributed by atoms with Gasteiger partial charge in [-0.05, 0) is 20.8 Å². The second-order valence-corrected chi connectivity index (χ2v) is 5.88. The molecule has 0 saturated heterocycles. The highest BCUT2D eigenvalue weighted by Gasteiger charge is 2.15. The molecule has 0 spiro atoms. The summed E-state index contributed by atoms with van der Waals surface area (Å²) in [5.41, 5.74) is 0.541. The summed E-state index contributed by atoms with van der Waals surface area (Å²) in [7, 11) is 0. The fraction of sp³-hybridized carbons (Fsp3) is 0.500. The van der Waals surface area contributed by atoms with Crippen molar-refractivity contribution in [1.29, 1.82) is 0 Å². The summed E-state index contributed by atoms with van der Waals surface area (Å²) in [5, 5.41) is 5.55. The number of rotatable bonds is 6. The Kier molecular flexibility index (Phi) is 5.22. The van der Waals surface area contributed by atoms with E-state index in [2.05, 4.69) is 30.6 Å². The van der Waals surface area contributed by atoms with Crippen molar-refractivity contribution in [3.8, 4) is 0 Å². The molecule has 2 heterocycles. The van der Waals surface area contributed by atoms with Gasteiger partial charge in [0.1, 0.15) is 17.4 Å². The lowest BCUT2D eigenvalue weighted by molar-refractivity contribution is -0.153. The highest BCUT2D eigenvalue weighted by molar-refractivity contribution is 5.96. The Labute approximate surface area is 133 Å². The highest BCUT2D eigenvalue weighted by atomic mass is 16.6. The number of imidazole rings is 1. The second kappa shape index (κ2) is 7.14. The number of carbonyl (C=O) groups is 2. The van der Waals surface area contributed by atoms with Crippen molar-refractivity contribution in [3.05, 3.63) is 12.7 Å². The summed E-state index contributed by atoms with van der Waals surface area (Å²) in [6, 6.07) is 0. The number of carbonyl (C=O) groups excluding carboxylic acids is 2. The van der Waals surface area contributed by atoms with E-state index in [0.717, 1.165) is 0 Å². The van der Waals surface area contributed by atoms with E-state index in [0.29, 0.717) is 23.5 Å². The van der Waals surface area contributed by atoms with E-state index in [-0.39, 0.29) is 24.8 Å². The monoisotopic (exact) mass is 320 g/mol. The van der Waals surface area contributed by atoms with Crippen LogP contribution < -0.4 is 10.6 Å². The van der Waals surface area contributed by atoms with Crippen LogP contribution >= 0.6 is 0 Å². The minimum Gasteiger partial charge on any atom is -0.459 e. The van der Waals surface area contributed by atoms with E-state index < -0.39 is 5.60 Å². The molecule has 1 amide bonds. The third kappa shape index (κ3) is 5.29. The van der Waals surface area contributed by atoms with Crippen LogP contribution in [0.1, 0.15) is 27.2 Å². The zero-order valence-corrected chi connectivity index (χ0v) is 13.3. The van der Waals surface area contributed by atoms with Gasteiger partial charge < -0.3 is 20.4 Å². The molecule has 9 nitrogen and oxygen atoms in total. The van der Waals surface area contributed by atoms with Crippen molar-refractivity contribution in [2.45, 2.75) is 32.8 Å². The Hall–Kier alpha value is -2.55. The number of H-pyrrole nitrogens is 1. The van der Waals surface area contributed by atoms with Gasteiger partial charge in [-0.3, -0.25) is 9.59 Å². The van der Waals surface area contributed by atoms with Crippen molar-refractivity contribution in [3.63, 3.8) is 0 Å². The molecule has 0 aliphatic carbocycles. The average Bonchev–Trinajstić information content (AvgIpc) is 2.91. The van der Waals surface area contributed by atoms with Crippen LogP contribution in [0, 0.1) is 0 Å². The summed E-state index contributed by atoms with van der Waals surface area (Å²) >= 11 is 0.